The Bertz CT molecular complexity index is 825. The average molecular weight is 341 g/mol. The van der Waals surface area contributed by atoms with E-state index in [1.54, 1.807) is 18.2 Å². The van der Waals surface area contributed by atoms with Gasteiger partial charge in [0.05, 0.1) is 0 Å². The molecule has 0 spiro atoms. The normalized spacial score (nSPS) is 10.5. The highest BCUT2D eigenvalue weighted by molar-refractivity contribution is 9.10. The van der Waals surface area contributed by atoms with Crippen LogP contribution in [0.3, 0.4) is 0 Å². The summed E-state index contributed by atoms with van der Waals surface area (Å²) >= 11 is 3.36. The Morgan fingerprint density at radius 2 is 1.76 bits per heavy atom. The molecule has 0 unspecified atom stereocenters. The molecule has 3 nitrogen and oxygen atoms in total. The largest absolute Gasteiger partial charge is 0.398 e. The van der Waals surface area contributed by atoms with E-state index in [-0.39, 0.29) is 5.91 Å². The van der Waals surface area contributed by atoms with Crippen molar-refractivity contribution in [3.63, 3.8) is 0 Å². The molecule has 0 fully saturated rings. The van der Waals surface area contributed by atoms with Crippen molar-refractivity contribution in [3.05, 3.63) is 70.7 Å². The molecule has 3 aromatic carbocycles. The Morgan fingerprint density at radius 3 is 2.57 bits per heavy atom. The molecule has 0 saturated carbocycles. The number of fused-ring (bicyclic) bond motifs is 1. The molecule has 0 aliphatic rings. The van der Waals surface area contributed by atoms with Crippen LogP contribution in [0.15, 0.2) is 65.1 Å². The van der Waals surface area contributed by atoms with E-state index in [0.29, 0.717) is 16.9 Å². The highest BCUT2D eigenvalue weighted by Crippen LogP contribution is 2.24. The van der Waals surface area contributed by atoms with Gasteiger partial charge in [-0.3, -0.25) is 4.79 Å². The Balaban J connectivity index is 1.95. The molecule has 3 rings (SSSR count). The lowest BCUT2D eigenvalue weighted by Crippen LogP contribution is -2.12. The van der Waals surface area contributed by atoms with Crippen molar-refractivity contribution in [1.29, 1.82) is 0 Å². The molecule has 0 heterocycles. The van der Waals surface area contributed by atoms with E-state index < -0.39 is 0 Å². The quantitative estimate of drug-likeness (QED) is 0.677. The standard InChI is InChI=1S/C17H13BrN2O/c18-15-10-12(8-9-16(15)19)20-17(21)14-7-3-5-11-4-1-2-6-13(11)14/h1-10H,19H2,(H,20,21). The van der Waals surface area contributed by atoms with Crippen LogP contribution in [0.1, 0.15) is 10.4 Å². The number of carbonyl (C=O) groups excluding carboxylic acids is 1. The summed E-state index contributed by atoms with van der Waals surface area (Å²) in [5.74, 6) is -0.136. The number of rotatable bonds is 2. The third-order valence-electron chi connectivity index (χ3n) is 3.29. The van der Waals surface area contributed by atoms with Crippen LogP contribution in [0.25, 0.3) is 10.8 Å². The summed E-state index contributed by atoms with van der Waals surface area (Å²) in [6.07, 6.45) is 0. The van der Waals surface area contributed by atoms with E-state index in [1.165, 1.54) is 0 Å². The third-order valence-corrected chi connectivity index (χ3v) is 3.98. The maximum Gasteiger partial charge on any atom is 0.256 e. The number of carbonyl (C=O) groups is 1. The van der Waals surface area contributed by atoms with Crippen LogP contribution in [0, 0.1) is 0 Å². The molecule has 0 aromatic heterocycles. The van der Waals surface area contributed by atoms with E-state index in [9.17, 15) is 4.79 Å². The molecule has 104 valence electrons. The number of anilines is 2. The molecular weight excluding hydrogens is 328 g/mol. The SMILES string of the molecule is Nc1ccc(NC(=O)c2cccc3ccccc23)cc1Br. The number of halogens is 1. The smallest absolute Gasteiger partial charge is 0.256 e. The highest BCUT2D eigenvalue weighted by Gasteiger charge is 2.10. The Morgan fingerprint density at radius 1 is 1.00 bits per heavy atom. The van der Waals surface area contributed by atoms with Crippen LogP contribution in [0.5, 0.6) is 0 Å². The van der Waals surface area contributed by atoms with Crippen LogP contribution in [0.4, 0.5) is 11.4 Å². The van der Waals surface area contributed by atoms with Gasteiger partial charge in [-0.25, -0.2) is 0 Å². The molecule has 1 amide bonds. The van der Waals surface area contributed by atoms with Gasteiger partial charge in [0, 0.05) is 21.4 Å². The summed E-state index contributed by atoms with van der Waals surface area (Å²) in [4.78, 5) is 12.5. The van der Waals surface area contributed by atoms with Gasteiger partial charge in [0.1, 0.15) is 0 Å². The fourth-order valence-electron chi connectivity index (χ4n) is 2.23. The summed E-state index contributed by atoms with van der Waals surface area (Å²) in [7, 11) is 0. The molecule has 3 N–H and O–H groups in total. The Labute approximate surface area is 130 Å². The van der Waals surface area contributed by atoms with Gasteiger partial charge in [0.25, 0.3) is 5.91 Å². The first kappa shape index (κ1) is 13.6. The van der Waals surface area contributed by atoms with Gasteiger partial charge in [-0.2, -0.15) is 0 Å². The second kappa shape index (κ2) is 5.58. The van der Waals surface area contributed by atoms with E-state index >= 15 is 0 Å². The van der Waals surface area contributed by atoms with Crippen molar-refractivity contribution in [1.82, 2.24) is 0 Å². The van der Waals surface area contributed by atoms with Crippen molar-refractivity contribution < 1.29 is 4.79 Å². The van der Waals surface area contributed by atoms with Crippen molar-refractivity contribution in [3.8, 4) is 0 Å². The van der Waals surface area contributed by atoms with Gasteiger partial charge >= 0.3 is 0 Å². The van der Waals surface area contributed by atoms with Crippen molar-refractivity contribution >= 4 is 44.0 Å². The predicted molar refractivity (Wildman–Crippen MR) is 90.5 cm³/mol. The summed E-state index contributed by atoms with van der Waals surface area (Å²) in [5.41, 5.74) is 7.74. The minimum absolute atomic E-state index is 0.136. The first-order chi connectivity index (χ1) is 10.1. The number of hydrogen-bond donors (Lipinski definition) is 2. The lowest BCUT2D eigenvalue weighted by Gasteiger charge is -2.09. The zero-order valence-electron chi connectivity index (χ0n) is 11.1. The molecule has 4 heteroatoms. The summed E-state index contributed by atoms with van der Waals surface area (Å²) in [6.45, 7) is 0. The highest BCUT2D eigenvalue weighted by atomic mass is 79.9. The van der Waals surface area contributed by atoms with E-state index in [0.717, 1.165) is 15.2 Å². The second-order valence-electron chi connectivity index (χ2n) is 4.72. The summed E-state index contributed by atoms with van der Waals surface area (Å²) < 4.78 is 0.762. The second-order valence-corrected chi connectivity index (χ2v) is 5.57. The Hall–Kier alpha value is -2.33. The van der Waals surface area contributed by atoms with E-state index in [4.69, 9.17) is 5.73 Å². The number of nitrogens with two attached hydrogens (primary N) is 1. The number of benzene rings is 3. The molecule has 0 saturated heterocycles. The summed E-state index contributed by atoms with van der Waals surface area (Å²) in [6, 6.07) is 18.9. The molecule has 0 atom stereocenters. The number of nitrogens with one attached hydrogen (secondary N) is 1. The van der Waals surface area contributed by atoms with Crippen LogP contribution >= 0.6 is 15.9 Å². The zero-order valence-corrected chi connectivity index (χ0v) is 12.7. The van der Waals surface area contributed by atoms with Crippen molar-refractivity contribution in [2.45, 2.75) is 0 Å². The molecule has 21 heavy (non-hydrogen) atoms. The van der Waals surface area contributed by atoms with Crippen LogP contribution in [-0.2, 0) is 0 Å². The van der Waals surface area contributed by atoms with Gasteiger partial charge in [-0.15, -0.1) is 0 Å². The van der Waals surface area contributed by atoms with Crippen molar-refractivity contribution in [2.75, 3.05) is 11.1 Å². The zero-order chi connectivity index (χ0) is 14.8. The van der Waals surface area contributed by atoms with Gasteiger partial charge in [0.15, 0.2) is 0 Å². The molecule has 0 radical (unpaired) electrons. The van der Waals surface area contributed by atoms with Gasteiger partial charge in [0.2, 0.25) is 0 Å². The Kier molecular flexibility index (Phi) is 3.62. The predicted octanol–water partition coefficient (Wildman–Crippen LogP) is 4.44. The fraction of sp³-hybridized carbons (Fsp3) is 0. The molecule has 0 bridgehead atoms. The monoisotopic (exact) mass is 340 g/mol. The lowest BCUT2D eigenvalue weighted by molar-refractivity contribution is 0.102. The third kappa shape index (κ3) is 2.76. The number of nitrogen functional groups attached to an aromatic ring is 1. The molecule has 3 aromatic rings. The topological polar surface area (TPSA) is 55.1 Å². The van der Waals surface area contributed by atoms with Gasteiger partial charge in [-0.1, -0.05) is 36.4 Å². The maximum atomic E-state index is 12.5. The van der Waals surface area contributed by atoms with Crippen LogP contribution in [-0.4, -0.2) is 5.91 Å². The minimum Gasteiger partial charge on any atom is -0.398 e. The lowest BCUT2D eigenvalue weighted by atomic mass is 10.0. The average Bonchev–Trinajstić information content (AvgIpc) is 2.50. The van der Waals surface area contributed by atoms with Gasteiger partial charge < -0.3 is 11.1 Å². The summed E-state index contributed by atoms with van der Waals surface area (Å²) in [5, 5.41) is 4.88. The molecule has 0 aliphatic carbocycles. The molecule has 0 aliphatic heterocycles. The van der Waals surface area contributed by atoms with Gasteiger partial charge in [-0.05, 0) is 51.0 Å². The first-order valence-electron chi connectivity index (χ1n) is 6.49. The minimum atomic E-state index is -0.136. The van der Waals surface area contributed by atoms with Crippen LogP contribution < -0.4 is 11.1 Å². The van der Waals surface area contributed by atoms with Crippen molar-refractivity contribution in [2.24, 2.45) is 0 Å². The first-order valence-corrected chi connectivity index (χ1v) is 7.28. The fourth-order valence-corrected chi connectivity index (χ4v) is 2.61. The van der Waals surface area contributed by atoms with E-state index in [2.05, 4.69) is 21.2 Å². The van der Waals surface area contributed by atoms with E-state index in [1.807, 2.05) is 42.5 Å². The van der Waals surface area contributed by atoms with Crippen LogP contribution in [0.2, 0.25) is 0 Å². The number of hydrogen-bond acceptors (Lipinski definition) is 2. The maximum absolute atomic E-state index is 12.5. The molecular formula is C17H13BrN2O. The number of amides is 1.